The maximum atomic E-state index is 12.9. The van der Waals surface area contributed by atoms with E-state index in [1.54, 1.807) is 0 Å². The maximum Gasteiger partial charge on any atom is 0.214 e. The second kappa shape index (κ2) is 5.25. The summed E-state index contributed by atoms with van der Waals surface area (Å²) in [5.41, 5.74) is 0.829. The van der Waals surface area contributed by atoms with E-state index in [-0.39, 0.29) is 0 Å². The monoisotopic (exact) mass is 223 g/mol. The Kier molecular flexibility index (Phi) is 3.72. The molecule has 0 amide bonds. The molecule has 1 aromatic rings. The van der Waals surface area contributed by atoms with Gasteiger partial charge in [-0.05, 0) is 32.0 Å². The van der Waals surface area contributed by atoms with Crippen molar-refractivity contribution in [2.75, 3.05) is 25.0 Å². The van der Waals surface area contributed by atoms with Crippen LogP contribution in [0.4, 0.5) is 10.1 Å². The van der Waals surface area contributed by atoms with Crippen LogP contribution in [-0.4, -0.2) is 35.6 Å². The second-order valence-corrected chi connectivity index (χ2v) is 4.24. The third kappa shape index (κ3) is 2.92. The van der Waals surface area contributed by atoms with Crippen LogP contribution in [0.1, 0.15) is 19.8 Å². The number of piperidine rings is 1. The van der Waals surface area contributed by atoms with Crippen molar-refractivity contribution in [1.29, 1.82) is 0 Å². The number of hydrogen-bond acceptors (Lipinski definition) is 3. The van der Waals surface area contributed by atoms with Gasteiger partial charge in [-0.25, -0.2) is 4.98 Å². The number of nitrogens with one attached hydrogen (secondary N) is 1. The first-order valence-electron chi connectivity index (χ1n) is 5.88. The standard InChI is InChI=1S/C12H18FN3/c1-2-16-7-3-4-11(9-16)15-10-5-6-14-12(13)8-10/h5-6,8,11H,2-4,7,9H2,1H3,(H,14,15). The number of halogens is 1. The Morgan fingerprint density at radius 3 is 3.25 bits per heavy atom. The average Bonchev–Trinajstić information content (AvgIpc) is 2.29. The molecule has 1 atom stereocenters. The molecule has 2 rings (SSSR count). The average molecular weight is 223 g/mol. The number of likely N-dealkylation sites (N-methyl/N-ethyl adjacent to an activating group) is 1. The zero-order valence-electron chi connectivity index (χ0n) is 9.62. The number of rotatable bonds is 3. The highest BCUT2D eigenvalue weighted by molar-refractivity contribution is 5.42. The minimum absolute atomic E-state index is 0.423. The van der Waals surface area contributed by atoms with E-state index in [1.165, 1.54) is 25.2 Å². The summed E-state index contributed by atoms with van der Waals surface area (Å²) in [6.45, 7) is 5.48. The van der Waals surface area contributed by atoms with Gasteiger partial charge in [-0.3, -0.25) is 0 Å². The summed E-state index contributed by atoms with van der Waals surface area (Å²) in [4.78, 5) is 5.96. The lowest BCUT2D eigenvalue weighted by Gasteiger charge is -2.32. The Morgan fingerprint density at radius 2 is 2.50 bits per heavy atom. The van der Waals surface area contributed by atoms with E-state index < -0.39 is 5.95 Å². The zero-order chi connectivity index (χ0) is 11.4. The molecule has 1 aliphatic heterocycles. The fraction of sp³-hybridized carbons (Fsp3) is 0.583. The highest BCUT2D eigenvalue weighted by Crippen LogP contribution is 2.15. The van der Waals surface area contributed by atoms with Crippen LogP contribution < -0.4 is 5.32 Å². The summed E-state index contributed by atoms with van der Waals surface area (Å²) >= 11 is 0. The molecule has 2 heterocycles. The SMILES string of the molecule is CCN1CCCC(Nc2ccnc(F)c2)C1. The van der Waals surface area contributed by atoms with Crippen molar-refractivity contribution in [1.82, 2.24) is 9.88 Å². The van der Waals surface area contributed by atoms with E-state index in [4.69, 9.17) is 0 Å². The first kappa shape index (κ1) is 11.3. The van der Waals surface area contributed by atoms with E-state index in [9.17, 15) is 4.39 Å². The first-order valence-corrected chi connectivity index (χ1v) is 5.88. The molecule has 88 valence electrons. The van der Waals surface area contributed by atoms with Gasteiger partial charge in [0, 0.05) is 30.5 Å². The van der Waals surface area contributed by atoms with Crippen LogP contribution in [0.15, 0.2) is 18.3 Å². The summed E-state index contributed by atoms with van der Waals surface area (Å²) in [6, 6.07) is 3.69. The van der Waals surface area contributed by atoms with Crippen molar-refractivity contribution in [3.8, 4) is 0 Å². The molecule has 4 heteroatoms. The number of anilines is 1. The van der Waals surface area contributed by atoms with Gasteiger partial charge < -0.3 is 10.2 Å². The van der Waals surface area contributed by atoms with Gasteiger partial charge in [0.05, 0.1) is 0 Å². The van der Waals surface area contributed by atoms with E-state index in [1.807, 2.05) is 6.07 Å². The molecule has 1 saturated heterocycles. The number of nitrogens with zero attached hydrogens (tertiary/aromatic N) is 2. The normalized spacial score (nSPS) is 22.0. The Morgan fingerprint density at radius 1 is 1.62 bits per heavy atom. The Balaban J connectivity index is 1.94. The van der Waals surface area contributed by atoms with Crippen LogP contribution in [0.3, 0.4) is 0 Å². The molecule has 0 saturated carbocycles. The molecule has 1 aliphatic rings. The fourth-order valence-electron chi connectivity index (χ4n) is 2.19. The lowest BCUT2D eigenvalue weighted by molar-refractivity contribution is 0.227. The van der Waals surface area contributed by atoms with E-state index >= 15 is 0 Å². The predicted molar refractivity (Wildman–Crippen MR) is 63.0 cm³/mol. The van der Waals surface area contributed by atoms with Gasteiger partial charge in [0.2, 0.25) is 5.95 Å². The number of hydrogen-bond donors (Lipinski definition) is 1. The lowest BCUT2D eigenvalue weighted by Crippen LogP contribution is -2.41. The molecule has 0 aromatic carbocycles. The van der Waals surface area contributed by atoms with Crippen LogP contribution in [0.5, 0.6) is 0 Å². The molecule has 0 aliphatic carbocycles. The smallest absolute Gasteiger partial charge is 0.214 e. The number of aromatic nitrogens is 1. The van der Waals surface area contributed by atoms with Crippen molar-refractivity contribution < 1.29 is 4.39 Å². The topological polar surface area (TPSA) is 28.2 Å². The van der Waals surface area contributed by atoms with Crippen LogP contribution >= 0.6 is 0 Å². The molecule has 1 fully saturated rings. The summed E-state index contributed by atoms with van der Waals surface area (Å²) in [5, 5.41) is 3.36. The molecule has 0 radical (unpaired) electrons. The van der Waals surface area contributed by atoms with Gasteiger partial charge in [0.15, 0.2) is 0 Å². The van der Waals surface area contributed by atoms with Crippen LogP contribution in [-0.2, 0) is 0 Å². The van der Waals surface area contributed by atoms with E-state index in [0.29, 0.717) is 6.04 Å². The Labute approximate surface area is 95.7 Å². The molecule has 1 N–H and O–H groups in total. The minimum Gasteiger partial charge on any atom is -0.381 e. The van der Waals surface area contributed by atoms with Gasteiger partial charge in [-0.15, -0.1) is 0 Å². The highest BCUT2D eigenvalue weighted by atomic mass is 19.1. The van der Waals surface area contributed by atoms with Crippen LogP contribution in [0.2, 0.25) is 0 Å². The van der Waals surface area contributed by atoms with Gasteiger partial charge in [0.25, 0.3) is 0 Å². The third-order valence-corrected chi connectivity index (χ3v) is 3.05. The van der Waals surface area contributed by atoms with Gasteiger partial charge in [-0.2, -0.15) is 4.39 Å². The molecule has 3 nitrogen and oxygen atoms in total. The van der Waals surface area contributed by atoms with Gasteiger partial charge >= 0.3 is 0 Å². The summed E-state index contributed by atoms with van der Waals surface area (Å²) in [6.07, 6.45) is 3.86. The molecule has 16 heavy (non-hydrogen) atoms. The zero-order valence-corrected chi connectivity index (χ0v) is 9.62. The number of pyridine rings is 1. The van der Waals surface area contributed by atoms with Crippen molar-refractivity contribution >= 4 is 5.69 Å². The van der Waals surface area contributed by atoms with E-state index in [2.05, 4.69) is 22.1 Å². The number of likely N-dealkylation sites (tertiary alicyclic amines) is 1. The largest absolute Gasteiger partial charge is 0.381 e. The molecule has 0 spiro atoms. The van der Waals surface area contributed by atoms with Crippen molar-refractivity contribution in [2.24, 2.45) is 0 Å². The molecule has 0 bridgehead atoms. The van der Waals surface area contributed by atoms with Crippen LogP contribution in [0, 0.1) is 5.95 Å². The minimum atomic E-state index is -0.423. The Bertz CT molecular complexity index is 343. The maximum absolute atomic E-state index is 12.9. The summed E-state index contributed by atoms with van der Waals surface area (Å²) < 4.78 is 12.9. The first-order chi connectivity index (χ1) is 7.78. The van der Waals surface area contributed by atoms with E-state index in [0.717, 1.165) is 25.2 Å². The van der Waals surface area contributed by atoms with Crippen LogP contribution in [0.25, 0.3) is 0 Å². The van der Waals surface area contributed by atoms with Crippen molar-refractivity contribution in [3.05, 3.63) is 24.3 Å². The second-order valence-electron chi connectivity index (χ2n) is 4.24. The van der Waals surface area contributed by atoms with Crippen molar-refractivity contribution in [3.63, 3.8) is 0 Å². The predicted octanol–water partition coefficient (Wildman–Crippen LogP) is 2.12. The fourth-order valence-corrected chi connectivity index (χ4v) is 2.19. The summed E-state index contributed by atoms with van der Waals surface area (Å²) in [7, 11) is 0. The molecule has 1 unspecified atom stereocenters. The molecular formula is C12H18FN3. The Hall–Kier alpha value is -1.16. The van der Waals surface area contributed by atoms with Gasteiger partial charge in [-0.1, -0.05) is 6.92 Å². The molecule has 1 aromatic heterocycles. The molecular weight excluding hydrogens is 205 g/mol. The summed E-state index contributed by atoms with van der Waals surface area (Å²) in [5.74, 6) is -0.423. The quantitative estimate of drug-likeness (QED) is 0.795. The van der Waals surface area contributed by atoms with Gasteiger partial charge in [0.1, 0.15) is 0 Å². The highest BCUT2D eigenvalue weighted by Gasteiger charge is 2.18. The third-order valence-electron chi connectivity index (χ3n) is 3.05. The lowest BCUT2D eigenvalue weighted by atomic mass is 10.1. The van der Waals surface area contributed by atoms with Crippen molar-refractivity contribution in [2.45, 2.75) is 25.8 Å².